The van der Waals surface area contributed by atoms with Gasteiger partial charge in [-0.2, -0.15) is 8.78 Å². The first-order valence-electron chi connectivity index (χ1n) is 6.87. The molecule has 3 N–H and O–H groups in total. The monoisotopic (exact) mass is 370 g/mol. The molecule has 0 saturated carbocycles. The molecular formula is C15H12F2N2O5S. The molecular weight excluding hydrogens is 358 g/mol. The number of anilines is 1. The molecule has 0 aliphatic carbocycles. The van der Waals surface area contributed by atoms with Gasteiger partial charge in [0.2, 0.25) is 15.9 Å². The van der Waals surface area contributed by atoms with Crippen LogP contribution in [0, 0.1) is 0 Å². The fraction of sp³-hybridized carbons (Fsp3) is 0.133. The first-order valence-corrected chi connectivity index (χ1v) is 8.76. The molecule has 7 nitrogen and oxygen atoms in total. The fourth-order valence-corrected chi connectivity index (χ4v) is 3.08. The number of hydrogen-bond acceptors (Lipinski definition) is 5. The molecule has 0 bridgehead atoms. The topological polar surface area (TPSA) is 112 Å². The predicted octanol–water partition coefficient (Wildman–Crippen LogP) is 2.66. The summed E-state index contributed by atoms with van der Waals surface area (Å²) in [5.41, 5.74) is 5.76. The highest BCUT2D eigenvalue weighted by Gasteiger charge is 2.20. The number of nitrogens with two attached hydrogens (primary N) is 1. The van der Waals surface area contributed by atoms with Crippen LogP contribution in [0.5, 0.6) is 5.75 Å². The Kier molecular flexibility index (Phi) is 3.99. The van der Waals surface area contributed by atoms with Crippen LogP contribution in [0.15, 0.2) is 34.7 Å². The van der Waals surface area contributed by atoms with Crippen LogP contribution < -0.4 is 15.2 Å². The van der Waals surface area contributed by atoms with E-state index >= 15 is 0 Å². The van der Waals surface area contributed by atoms with Crippen LogP contribution in [0.4, 0.5) is 14.5 Å². The highest BCUT2D eigenvalue weighted by atomic mass is 32.2. The van der Waals surface area contributed by atoms with E-state index in [-0.39, 0.29) is 33.6 Å². The van der Waals surface area contributed by atoms with Crippen molar-refractivity contribution in [3.63, 3.8) is 0 Å². The van der Waals surface area contributed by atoms with E-state index in [0.717, 1.165) is 12.3 Å². The van der Waals surface area contributed by atoms with Crippen molar-refractivity contribution in [3.05, 3.63) is 35.9 Å². The maximum absolute atomic E-state index is 12.6. The summed E-state index contributed by atoms with van der Waals surface area (Å²) < 4.78 is 60.1. The lowest BCUT2D eigenvalue weighted by atomic mass is 10.0. The standard InChI is InChI=1S/C15H12F2N2O5S/c1-25(21,22)19-7-2-4-10-9(6-7)12-8(14(18)20)3-5-11(13(12)23-10)24-15(16)17/h2-6,15,19H,1H3,(H2,18,20). The fourth-order valence-electron chi connectivity index (χ4n) is 2.53. The first kappa shape index (κ1) is 17.0. The van der Waals surface area contributed by atoms with Gasteiger partial charge in [0.1, 0.15) is 5.58 Å². The Morgan fingerprint density at radius 3 is 2.60 bits per heavy atom. The molecule has 132 valence electrons. The Hall–Kier alpha value is -2.88. The number of sulfonamides is 1. The molecule has 0 unspecified atom stereocenters. The van der Waals surface area contributed by atoms with E-state index in [1.807, 2.05) is 0 Å². The number of halogens is 2. The van der Waals surface area contributed by atoms with Crippen molar-refractivity contribution in [1.29, 1.82) is 0 Å². The van der Waals surface area contributed by atoms with Crippen molar-refractivity contribution >= 4 is 43.6 Å². The smallest absolute Gasteiger partial charge is 0.387 e. The molecule has 1 heterocycles. The molecule has 0 atom stereocenters. The molecule has 0 aliphatic heterocycles. The molecule has 0 spiro atoms. The van der Waals surface area contributed by atoms with Gasteiger partial charge in [-0.05, 0) is 30.3 Å². The minimum atomic E-state index is -3.53. The average Bonchev–Trinajstić information content (AvgIpc) is 2.84. The lowest BCUT2D eigenvalue weighted by Gasteiger charge is -2.06. The van der Waals surface area contributed by atoms with Crippen LogP contribution in [-0.2, 0) is 10.0 Å². The quantitative estimate of drug-likeness (QED) is 0.717. The summed E-state index contributed by atoms with van der Waals surface area (Å²) in [7, 11) is -3.53. The summed E-state index contributed by atoms with van der Waals surface area (Å²) >= 11 is 0. The Morgan fingerprint density at radius 2 is 2.00 bits per heavy atom. The first-order chi connectivity index (χ1) is 11.7. The normalized spacial score (nSPS) is 12.0. The molecule has 1 amide bonds. The van der Waals surface area contributed by atoms with Crippen molar-refractivity contribution < 1.29 is 31.1 Å². The molecule has 0 radical (unpaired) electrons. The van der Waals surface area contributed by atoms with E-state index in [4.69, 9.17) is 10.2 Å². The summed E-state index contributed by atoms with van der Waals surface area (Å²) in [6.07, 6.45) is 0.980. The molecule has 3 rings (SSSR count). The van der Waals surface area contributed by atoms with E-state index in [0.29, 0.717) is 5.39 Å². The molecule has 0 aliphatic rings. The van der Waals surface area contributed by atoms with E-state index in [1.54, 1.807) is 0 Å². The third-order valence-electron chi connectivity index (χ3n) is 3.37. The van der Waals surface area contributed by atoms with Gasteiger partial charge in [-0.15, -0.1) is 0 Å². The van der Waals surface area contributed by atoms with Gasteiger partial charge in [-0.25, -0.2) is 8.42 Å². The second-order valence-corrected chi connectivity index (χ2v) is 6.99. The summed E-state index contributed by atoms with van der Waals surface area (Å²) in [5.74, 6) is -1.05. The third kappa shape index (κ3) is 3.33. The summed E-state index contributed by atoms with van der Waals surface area (Å²) in [6, 6.07) is 6.70. The number of furan rings is 1. The Morgan fingerprint density at radius 1 is 1.28 bits per heavy atom. The van der Waals surface area contributed by atoms with Gasteiger partial charge >= 0.3 is 6.61 Å². The third-order valence-corrected chi connectivity index (χ3v) is 3.97. The van der Waals surface area contributed by atoms with Crippen LogP contribution in [0.1, 0.15) is 10.4 Å². The number of carbonyl (C=O) groups is 1. The second kappa shape index (κ2) is 5.88. The lowest BCUT2D eigenvalue weighted by Crippen LogP contribution is -2.12. The zero-order valence-electron chi connectivity index (χ0n) is 12.7. The minimum Gasteiger partial charge on any atom is -0.452 e. The molecule has 3 aromatic rings. The van der Waals surface area contributed by atoms with Crippen LogP contribution in [0.25, 0.3) is 21.9 Å². The Bertz CT molecular complexity index is 1090. The van der Waals surface area contributed by atoms with Gasteiger partial charge in [-0.3, -0.25) is 9.52 Å². The number of amides is 1. The van der Waals surface area contributed by atoms with Crippen molar-refractivity contribution in [2.45, 2.75) is 6.61 Å². The van der Waals surface area contributed by atoms with Crippen LogP contribution >= 0.6 is 0 Å². The molecule has 25 heavy (non-hydrogen) atoms. The summed E-state index contributed by atoms with van der Waals surface area (Å²) in [5, 5.41) is 0.495. The van der Waals surface area contributed by atoms with E-state index in [2.05, 4.69) is 9.46 Å². The van der Waals surface area contributed by atoms with Gasteiger partial charge in [0.25, 0.3) is 0 Å². The maximum atomic E-state index is 12.6. The van der Waals surface area contributed by atoms with E-state index in [9.17, 15) is 22.0 Å². The minimum absolute atomic E-state index is 0.0341. The Balaban J connectivity index is 2.33. The second-order valence-electron chi connectivity index (χ2n) is 5.25. The number of hydrogen-bond donors (Lipinski definition) is 2. The lowest BCUT2D eigenvalue weighted by molar-refractivity contribution is -0.0493. The average molecular weight is 370 g/mol. The highest BCUT2D eigenvalue weighted by Crippen LogP contribution is 2.38. The van der Waals surface area contributed by atoms with Crippen molar-refractivity contribution in [1.82, 2.24) is 0 Å². The number of carbonyl (C=O) groups excluding carboxylic acids is 1. The number of fused-ring (bicyclic) bond motifs is 3. The molecule has 0 fully saturated rings. The van der Waals surface area contributed by atoms with Gasteiger partial charge in [0.05, 0.1) is 11.8 Å². The van der Waals surface area contributed by atoms with Crippen LogP contribution in [0.2, 0.25) is 0 Å². The van der Waals surface area contributed by atoms with E-state index < -0.39 is 22.5 Å². The largest absolute Gasteiger partial charge is 0.452 e. The number of nitrogens with one attached hydrogen (secondary N) is 1. The van der Waals surface area contributed by atoms with E-state index in [1.165, 1.54) is 24.3 Å². The maximum Gasteiger partial charge on any atom is 0.387 e. The van der Waals surface area contributed by atoms with Gasteiger partial charge in [0, 0.05) is 16.5 Å². The number of primary amides is 1. The molecule has 10 heteroatoms. The zero-order valence-corrected chi connectivity index (χ0v) is 13.6. The SMILES string of the molecule is CS(=O)(=O)Nc1ccc2oc3c(OC(F)F)ccc(C(N)=O)c3c2c1. The number of rotatable bonds is 5. The van der Waals surface area contributed by atoms with Crippen molar-refractivity contribution in [2.24, 2.45) is 5.73 Å². The number of benzene rings is 2. The predicted molar refractivity (Wildman–Crippen MR) is 87.3 cm³/mol. The zero-order chi connectivity index (χ0) is 18.4. The summed E-state index contributed by atoms with van der Waals surface area (Å²) in [4.78, 5) is 11.7. The Labute approximate surface area is 140 Å². The number of alkyl halides is 2. The van der Waals surface area contributed by atoms with Crippen molar-refractivity contribution in [3.8, 4) is 5.75 Å². The van der Waals surface area contributed by atoms with Gasteiger partial charge < -0.3 is 14.9 Å². The van der Waals surface area contributed by atoms with Crippen LogP contribution in [-0.4, -0.2) is 27.2 Å². The molecule has 0 saturated heterocycles. The van der Waals surface area contributed by atoms with Crippen molar-refractivity contribution in [2.75, 3.05) is 11.0 Å². The number of ether oxygens (including phenoxy) is 1. The van der Waals surface area contributed by atoms with Gasteiger partial charge in [-0.1, -0.05) is 0 Å². The van der Waals surface area contributed by atoms with Gasteiger partial charge in [0.15, 0.2) is 11.3 Å². The summed E-state index contributed by atoms with van der Waals surface area (Å²) in [6.45, 7) is -3.08. The highest BCUT2D eigenvalue weighted by molar-refractivity contribution is 7.92. The van der Waals surface area contributed by atoms with Crippen LogP contribution in [0.3, 0.4) is 0 Å². The molecule has 2 aromatic carbocycles. The molecule has 1 aromatic heterocycles.